The van der Waals surface area contributed by atoms with Crippen LogP contribution in [0.4, 0.5) is 15.8 Å². The van der Waals surface area contributed by atoms with Gasteiger partial charge in [0.15, 0.2) is 0 Å². The Labute approximate surface area is 209 Å². The highest BCUT2D eigenvalue weighted by Crippen LogP contribution is 2.44. The minimum atomic E-state index is -0.383. The van der Waals surface area contributed by atoms with Crippen molar-refractivity contribution >= 4 is 55.0 Å². The van der Waals surface area contributed by atoms with Crippen molar-refractivity contribution in [3.8, 4) is 0 Å². The highest BCUT2D eigenvalue weighted by Gasteiger charge is 2.38. The van der Waals surface area contributed by atoms with E-state index in [1.807, 2.05) is 61.2 Å². The Morgan fingerprint density at radius 1 is 1.00 bits per heavy atom. The predicted molar refractivity (Wildman–Crippen MR) is 136 cm³/mol. The predicted octanol–water partition coefficient (Wildman–Crippen LogP) is 7.27. The van der Waals surface area contributed by atoms with Crippen molar-refractivity contribution in [3.63, 3.8) is 0 Å². The summed E-state index contributed by atoms with van der Waals surface area (Å²) in [6.07, 6.45) is 0.931. The van der Waals surface area contributed by atoms with Crippen molar-refractivity contribution in [2.45, 2.75) is 38.8 Å². The first-order valence-corrected chi connectivity index (χ1v) is 12.3. The molecule has 0 saturated heterocycles. The van der Waals surface area contributed by atoms with E-state index in [4.69, 9.17) is 0 Å². The molecule has 1 aliphatic heterocycles. The molecule has 0 spiro atoms. The SMILES string of the molecule is CCC(=O)N(c1ccc(Br)cc1)[C@H]1C[C@@H](C)N(C(=O)c2ccc(F)cc2)c2ccc(Br)cc21. The van der Waals surface area contributed by atoms with Crippen molar-refractivity contribution in [1.82, 2.24) is 0 Å². The van der Waals surface area contributed by atoms with Gasteiger partial charge in [-0.25, -0.2) is 4.39 Å². The molecule has 1 aliphatic rings. The second-order valence-corrected chi connectivity index (χ2v) is 9.91. The van der Waals surface area contributed by atoms with Crippen LogP contribution < -0.4 is 9.80 Å². The van der Waals surface area contributed by atoms with Crippen LogP contribution in [0.3, 0.4) is 0 Å². The van der Waals surface area contributed by atoms with Crippen molar-refractivity contribution in [1.29, 1.82) is 0 Å². The molecule has 0 fully saturated rings. The minimum Gasteiger partial charge on any atom is -0.305 e. The number of amides is 2. The van der Waals surface area contributed by atoms with Gasteiger partial charge in [0, 0.05) is 38.3 Å². The van der Waals surface area contributed by atoms with Crippen LogP contribution in [0.5, 0.6) is 0 Å². The van der Waals surface area contributed by atoms with Crippen molar-refractivity contribution in [3.05, 3.63) is 92.6 Å². The van der Waals surface area contributed by atoms with Crippen LogP contribution in [0, 0.1) is 5.82 Å². The van der Waals surface area contributed by atoms with Gasteiger partial charge in [0.1, 0.15) is 5.82 Å². The van der Waals surface area contributed by atoms with Gasteiger partial charge in [0.25, 0.3) is 5.91 Å². The third kappa shape index (κ3) is 4.75. The van der Waals surface area contributed by atoms with E-state index in [0.717, 1.165) is 25.9 Å². The van der Waals surface area contributed by atoms with Gasteiger partial charge in [-0.15, -0.1) is 0 Å². The number of nitrogens with zero attached hydrogens (tertiary/aromatic N) is 2. The van der Waals surface area contributed by atoms with E-state index in [9.17, 15) is 14.0 Å². The lowest BCUT2D eigenvalue weighted by Gasteiger charge is -2.43. The van der Waals surface area contributed by atoms with Gasteiger partial charge >= 0.3 is 0 Å². The Morgan fingerprint density at radius 3 is 2.27 bits per heavy atom. The molecule has 170 valence electrons. The maximum atomic E-state index is 13.4. The number of rotatable bonds is 4. The second-order valence-electron chi connectivity index (χ2n) is 8.08. The van der Waals surface area contributed by atoms with Crippen LogP contribution in [0.25, 0.3) is 0 Å². The summed E-state index contributed by atoms with van der Waals surface area (Å²) >= 11 is 7.02. The number of carbonyl (C=O) groups is 2. The second kappa shape index (κ2) is 9.77. The lowest BCUT2D eigenvalue weighted by atomic mass is 9.89. The van der Waals surface area contributed by atoms with Crippen LogP contribution in [-0.2, 0) is 4.79 Å². The Bertz CT molecular complexity index is 1180. The third-order valence-corrected chi connectivity index (χ3v) is 6.93. The van der Waals surface area contributed by atoms with Crippen LogP contribution in [0.15, 0.2) is 75.7 Å². The first kappa shape index (κ1) is 23.6. The third-order valence-electron chi connectivity index (χ3n) is 5.91. The number of anilines is 2. The monoisotopic (exact) mass is 572 g/mol. The van der Waals surface area contributed by atoms with Gasteiger partial charge in [-0.1, -0.05) is 38.8 Å². The molecule has 2 atom stereocenters. The maximum Gasteiger partial charge on any atom is 0.258 e. The van der Waals surface area contributed by atoms with Crippen molar-refractivity contribution < 1.29 is 14.0 Å². The number of halogens is 3. The quantitative estimate of drug-likeness (QED) is 0.329. The van der Waals surface area contributed by atoms with Crippen LogP contribution in [0.2, 0.25) is 0 Å². The highest BCUT2D eigenvalue weighted by molar-refractivity contribution is 9.10. The summed E-state index contributed by atoms with van der Waals surface area (Å²) in [6, 6.07) is 18.6. The topological polar surface area (TPSA) is 40.6 Å². The number of hydrogen-bond acceptors (Lipinski definition) is 2. The molecule has 33 heavy (non-hydrogen) atoms. The van der Waals surface area contributed by atoms with Gasteiger partial charge in [0.05, 0.1) is 6.04 Å². The van der Waals surface area contributed by atoms with Gasteiger partial charge in [-0.2, -0.15) is 0 Å². The van der Waals surface area contributed by atoms with E-state index in [1.54, 1.807) is 4.90 Å². The van der Waals surface area contributed by atoms with Crippen molar-refractivity contribution in [2.24, 2.45) is 0 Å². The number of benzene rings is 3. The Kier molecular flexibility index (Phi) is 7.00. The van der Waals surface area contributed by atoms with Gasteiger partial charge in [-0.05, 0) is 85.6 Å². The zero-order valence-electron chi connectivity index (χ0n) is 18.3. The zero-order chi connectivity index (χ0) is 23.7. The van der Waals surface area contributed by atoms with E-state index >= 15 is 0 Å². The smallest absolute Gasteiger partial charge is 0.258 e. The van der Waals surface area contributed by atoms with Crippen molar-refractivity contribution in [2.75, 3.05) is 9.80 Å². The minimum absolute atomic E-state index is 0.0127. The van der Waals surface area contributed by atoms with E-state index < -0.39 is 0 Å². The molecule has 2 amide bonds. The van der Waals surface area contributed by atoms with Gasteiger partial charge in [0.2, 0.25) is 5.91 Å². The number of carbonyl (C=O) groups excluding carboxylic acids is 2. The van der Waals surface area contributed by atoms with E-state index in [1.165, 1.54) is 24.3 Å². The largest absolute Gasteiger partial charge is 0.305 e. The molecule has 4 rings (SSSR count). The molecule has 1 heterocycles. The molecule has 0 aliphatic carbocycles. The Hall–Kier alpha value is -2.51. The molecular weight excluding hydrogens is 551 g/mol. The fourth-order valence-corrected chi connectivity index (χ4v) is 5.00. The Morgan fingerprint density at radius 2 is 1.64 bits per heavy atom. The lowest BCUT2D eigenvalue weighted by Crippen LogP contribution is -2.47. The standard InChI is InChI=1S/C26H23Br2FN2O2/c1-3-25(32)31(21-11-6-18(27)7-12-21)24-14-16(2)30(23-13-8-19(28)15-22(23)24)26(33)17-4-9-20(29)10-5-17/h4-13,15-16,24H,3,14H2,1-2H3/t16-,24+/m1/s1. The summed E-state index contributed by atoms with van der Waals surface area (Å²) in [5.74, 6) is -0.564. The first-order chi connectivity index (χ1) is 15.8. The van der Waals surface area contributed by atoms with Crippen LogP contribution >= 0.6 is 31.9 Å². The van der Waals surface area contributed by atoms with E-state index in [2.05, 4.69) is 31.9 Å². The number of hydrogen-bond donors (Lipinski definition) is 0. The number of fused-ring (bicyclic) bond motifs is 1. The fraction of sp³-hybridized carbons (Fsp3) is 0.231. The normalized spacial score (nSPS) is 17.4. The molecule has 0 radical (unpaired) electrons. The molecule has 0 saturated carbocycles. The molecule has 0 aromatic heterocycles. The summed E-state index contributed by atoms with van der Waals surface area (Å²) in [7, 11) is 0. The molecule has 4 nitrogen and oxygen atoms in total. The molecule has 0 bridgehead atoms. The lowest BCUT2D eigenvalue weighted by molar-refractivity contribution is -0.118. The van der Waals surface area contributed by atoms with Crippen LogP contribution in [0.1, 0.15) is 48.7 Å². The highest BCUT2D eigenvalue weighted by atomic mass is 79.9. The van der Waals surface area contributed by atoms with Gasteiger partial charge < -0.3 is 9.80 Å². The molecular formula is C26H23Br2FN2O2. The summed E-state index contributed by atoms with van der Waals surface area (Å²) in [6.45, 7) is 3.84. The summed E-state index contributed by atoms with van der Waals surface area (Å²) in [5.41, 5.74) is 2.88. The molecule has 3 aromatic rings. The van der Waals surface area contributed by atoms with Crippen LogP contribution in [-0.4, -0.2) is 17.9 Å². The summed E-state index contributed by atoms with van der Waals surface area (Å²) in [4.78, 5) is 30.2. The fourth-order valence-electron chi connectivity index (χ4n) is 4.36. The molecule has 3 aromatic carbocycles. The zero-order valence-corrected chi connectivity index (χ0v) is 21.4. The van der Waals surface area contributed by atoms with Gasteiger partial charge in [-0.3, -0.25) is 9.59 Å². The average Bonchev–Trinajstić information content (AvgIpc) is 2.80. The summed E-state index contributed by atoms with van der Waals surface area (Å²) < 4.78 is 15.2. The van der Waals surface area contributed by atoms with E-state index in [-0.39, 0.29) is 29.7 Å². The average molecular weight is 574 g/mol. The summed E-state index contributed by atoms with van der Waals surface area (Å²) in [5, 5.41) is 0. The first-order valence-electron chi connectivity index (χ1n) is 10.8. The molecule has 0 unspecified atom stereocenters. The molecule has 0 N–H and O–H groups in total. The van der Waals surface area contributed by atoms with E-state index in [0.29, 0.717) is 18.4 Å². The molecule has 7 heteroatoms. The Balaban J connectivity index is 1.82. The maximum absolute atomic E-state index is 13.4.